The van der Waals surface area contributed by atoms with Crippen LogP contribution in [-0.4, -0.2) is 21.6 Å². The second-order valence-electron chi connectivity index (χ2n) is 6.37. The van der Waals surface area contributed by atoms with Gasteiger partial charge in [-0.15, -0.1) is 0 Å². The van der Waals surface area contributed by atoms with E-state index in [-0.39, 0.29) is 27.5 Å². The number of aryl methyl sites for hydroxylation is 1. The summed E-state index contributed by atoms with van der Waals surface area (Å²) in [5, 5.41) is 10.0. The SMILES string of the molecule is CC(=O)Nc1ccc(NC(=O)c2c(C)nn(Cc3ccc(F)cc3)c2Cl)c(Cl)c1. The molecule has 0 bridgehead atoms. The van der Waals surface area contributed by atoms with Crippen molar-refractivity contribution in [3.63, 3.8) is 0 Å². The molecule has 3 aromatic rings. The number of halogens is 3. The van der Waals surface area contributed by atoms with Crippen molar-refractivity contribution in [2.24, 2.45) is 0 Å². The van der Waals surface area contributed by atoms with Gasteiger partial charge in [-0.25, -0.2) is 9.07 Å². The second-order valence-corrected chi connectivity index (χ2v) is 7.13. The number of amides is 2. The van der Waals surface area contributed by atoms with E-state index < -0.39 is 5.91 Å². The van der Waals surface area contributed by atoms with Gasteiger partial charge in [-0.1, -0.05) is 35.3 Å². The van der Waals surface area contributed by atoms with Crippen LogP contribution in [0, 0.1) is 12.7 Å². The largest absolute Gasteiger partial charge is 0.326 e. The lowest BCUT2D eigenvalue weighted by Crippen LogP contribution is -2.14. The molecule has 29 heavy (non-hydrogen) atoms. The maximum Gasteiger partial charge on any atom is 0.260 e. The van der Waals surface area contributed by atoms with Crippen LogP contribution in [0.15, 0.2) is 42.5 Å². The predicted molar refractivity (Wildman–Crippen MR) is 111 cm³/mol. The zero-order chi connectivity index (χ0) is 21.1. The maximum atomic E-state index is 13.1. The summed E-state index contributed by atoms with van der Waals surface area (Å²) >= 11 is 12.6. The van der Waals surface area contributed by atoms with Crippen molar-refractivity contribution in [2.45, 2.75) is 20.4 Å². The zero-order valence-corrected chi connectivity index (χ0v) is 17.1. The highest BCUT2D eigenvalue weighted by atomic mass is 35.5. The van der Waals surface area contributed by atoms with Gasteiger partial charge in [-0.3, -0.25) is 9.59 Å². The van der Waals surface area contributed by atoms with Gasteiger partial charge in [-0.2, -0.15) is 5.10 Å². The summed E-state index contributed by atoms with van der Waals surface area (Å²) in [6.45, 7) is 3.35. The van der Waals surface area contributed by atoms with Gasteiger partial charge in [0.15, 0.2) is 0 Å². The summed E-state index contributed by atoms with van der Waals surface area (Å²) in [5.41, 5.74) is 2.34. The molecule has 1 aromatic heterocycles. The quantitative estimate of drug-likeness (QED) is 0.599. The van der Waals surface area contributed by atoms with Crippen molar-refractivity contribution in [1.29, 1.82) is 0 Å². The molecule has 6 nitrogen and oxygen atoms in total. The number of carbonyl (C=O) groups excluding carboxylic acids is 2. The zero-order valence-electron chi connectivity index (χ0n) is 15.6. The van der Waals surface area contributed by atoms with Crippen molar-refractivity contribution in [1.82, 2.24) is 9.78 Å². The highest BCUT2D eigenvalue weighted by Gasteiger charge is 2.21. The first-order valence-electron chi connectivity index (χ1n) is 8.60. The Labute approximate surface area is 176 Å². The van der Waals surface area contributed by atoms with E-state index in [0.717, 1.165) is 5.56 Å². The Balaban J connectivity index is 1.80. The minimum absolute atomic E-state index is 0.162. The van der Waals surface area contributed by atoms with Crippen molar-refractivity contribution < 1.29 is 14.0 Å². The molecule has 1 heterocycles. The van der Waals surface area contributed by atoms with Crippen LogP contribution in [-0.2, 0) is 11.3 Å². The number of hydrogen-bond acceptors (Lipinski definition) is 3. The van der Waals surface area contributed by atoms with Crippen LogP contribution in [0.5, 0.6) is 0 Å². The second kappa shape index (κ2) is 8.63. The third kappa shape index (κ3) is 4.93. The van der Waals surface area contributed by atoms with Crippen molar-refractivity contribution in [2.75, 3.05) is 10.6 Å². The fourth-order valence-corrected chi connectivity index (χ4v) is 3.31. The normalized spacial score (nSPS) is 10.7. The van der Waals surface area contributed by atoms with Crippen LogP contribution in [0.2, 0.25) is 10.2 Å². The van der Waals surface area contributed by atoms with Gasteiger partial charge in [0.25, 0.3) is 5.91 Å². The van der Waals surface area contributed by atoms with Gasteiger partial charge in [0, 0.05) is 12.6 Å². The molecule has 0 aliphatic rings. The first-order chi connectivity index (χ1) is 13.7. The Morgan fingerprint density at radius 2 is 1.79 bits per heavy atom. The smallest absolute Gasteiger partial charge is 0.260 e. The molecule has 2 amide bonds. The number of carbonyl (C=O) groups is 2. The lowest BCUT2D eigenvalue weighted by Gasteiger charge is -2.09. The number of rotatable bonds is 5. The summed E-state index contributed by atoms with van der Waals surface area (Å²) in [5.74, 6) is -1.03. The van der Waals surface area contributed by atoms with E-state index in [4.69, 9.17) is 23.2 Å². The fourth-order valence-electron chi connectivity index (χ4n) is 2.76. The molecule has 0 atom stereocenters. The van der Waals surface area contributed by atoms with Crippen LogP contribution < -0.4 is 10.6 Å². The summed E-state index contributed by atoms with van der Waals surface area (Å²) in [7, 11) is 0. The number of nitrogens with one attached hydrogen (secondary N) is 2. The van der Waals surface area contributed by atoms with Gasteiger partial charge >= 0.3 is 0 Å². The van der Waals surface area contributed by atoms with Crippen molar-refractivity contribution >= 4 is 46.4 Å². The van der Waals surface area contributed by atoms with E-state index in [2.05, 4.69) is 15.7 Å². The molecule has 0 saturated heterocycles. The monoisotopic (exact) mass is 434 g/mol. The molecule has 3 rings (SSSR count). The summed E-state index contributed by atoms with van der Waals surface area (Å²) in [6.07, 6.45) is 0. The van der Waals surface area contributed by atoms with Gasteiger partial charge in [0.05, 0.1) is 28.5 Å². The molecule has 150 valence electrons. The Morgan fingerprint density at radius 3 is 2.41 bits per heavy atom. The number of nitrogens with zero attached hydrogens (tertiary/aromatic N) is 2. The Bertz CT molecular complexity index is 1080. The predicted octanol–water partition coefficient (Wildman–Crippen LogP) is 4.90. The minimum atomic E-state index is -0.466. The molecule has 9 heteroatoms. The molecule has 2 N–H and O–H groups in total. The van der Waals surface area contributed by atoms with Crippen LogP contribution in [0.1, 0.15) is 28.5 Å². The summed E-state index contributed by atoms with van der Waals surface area (Å²) in [4.78, 5) is 23.9. The lowest BCUT2D eigenvalue weighted by molar-refractivity contribution is -0.114. The minimum Gasteiger partial charge on any atom is -0.326 e. The fraction of sp³-hybridized carbons (Fsp3) is 0.150. The molecule has 2 aromatic carbocycles. The van der Waals surface area contributed by atoms with E-state index >= 15 is 0 Å². The van der Waals surface area contributed by atoms with E-state index in [1.165, 1.54) is 29.8 Å². The first-order valence-corrected chi connectivity index (χ1v) is 9.36. The molecule has 0 aliphatic carbocycles. The molecule has 0 unspecified atom stereocenters. The molecule has 0 fully saturated rings. The van der Waals surface area contributed by atoms with Gasteiger partial charge in [0.1, 0.15) is 11.0 Å². The van der Waals surface area contributed by atoms with Crippen molar-refractivity contribution in [3.8, 4) is 0 Å². The molecule has 0 aliphatic heterocycles. The lowest BCUT2D eigenvalue weighted by atomic mass is 10.2. The topological polar surface area (TPSA) is 76.0 Å². The Kier molecular flexibility index (Phi) is 6.20. The number of aromatic nitrogens is 2. The Morgan fingerprint density at radius 1 is 1.10 bits per heavy atom. The average molecular weight is 435 g/mol. The highest BCUT2D eigenvalue weighted by Crippen LogP contribution is 2.28. The molecule has 0 spiro atoms. The van der Waals surface area contributed by atoms with Gasteiger partial charge in [0.2, 0.25) is 5.91 Å². The number of anilines is 2. The van der Waals surface area contributed by atoms with Crippen LogP contribution in [0.25, 0.3) is 0 Å². The number of hydrogen-bond donors (Lipinski definition) is 2. The number of benzene rings is 2. The van der Waals surface area contributed by atoms with Crippen LogP contribution >= 0.6 is 23.2 Å². The third-order valence-corrected chi connectivity index (χ3v) is 4.77. The van der Waals surface area contributed by atoms with Gasteiger partial charge in [-0.05, 0) is 42.8 Å². The van der Waals surface area contributed by atoms with Crippen molar-refractivity contribution in [3.05, 3.63) is 75.3 Å². The standard InChI is InChI=1S/C20H17Cl2FN4O2/c1-11-18(19(22)27(26-11)10-13-3-5-14(23)6-4-13)20(29)25-17-8-7-15(9-16(17)21)24-12(2)28/h3-9H,10H2,1-2H3,(H,24,28)(H,25,29). The van der Waals surface area contributed by atoms with Crippen LogP contribution in [0.4, 0.5) is 15.8 Å². The summed E-state index contributed by atoms with van der Waals surface area (Å²) in [6, 6.07) is 10.7. The molecule has 0 radical (unpaired) electrons. The average Bonchev–Trinajstić information content (AvgIpc) is 2.92. The maximum absolute atomic E-state index is 13.1. The van der Waals surface area contributed by atoms with E-state index in [9.17, 15) is 14.0 Å². The highest BCUT2D eigenvalue weighted by molar-refractivity contribution is 6.35. The van der Waals surface area contributed by atoms with E-state index in [0.29, 0.717) is 23.6 Å². The molecule has 0 saturated carbocycles. The first kappa shape index (κ1) is 20.8. The Hall–Kier alpha value is -2.90. The summed E-state index contributed by atoms with van der Waals surface area (Å²) < 4.78 is 14.5. The van der Waals surface area contributed by atoms with Crippen LogP contribution in [0.3, 0.4) is 0 Å². The molecular formula is C20H17Cl2FN4O2. The van der Waals surface area contributed by atoms with Gasteiger partial charge < -0.3 is 10.6 Å². The van der Waals surface area contributed by atoms with E-state index in [1.54, 1.807) is 31.2 Å². The molecular weight excluding hydrogens is 418 g/mol. The third-order valence-electron chi connectivity index (χ3n) is 4.08. The van der Waals surface area contributed by atoms with E-state index in [1.807, 2.05) is 0 Å².